The maximum Gasteiger partial charge on any atom is 0.326 e. The lowest BCUT2D eigenvalue weighted by molar-refractivity contribution is 0.836. The van der Waals surface area contributed by atoms with Crippen molar-refractivity contribution in [1.82, 2.24) is 9.55 Å². The lowest BCUT2D eigenvalue weighted by Gasteiger charge is -1.85. The zero-order valence-corrected chi connectivity index (χ0v) is 8.00. The molecule has 0 unspecified atom stereocenters. The van der Waals surface area contributed by atoms with Gasteiger partial charge in [-0.3, -0.25) is 4.57 Å². The second kappa shape index (κ2) is 3.94. The molecule has 0 aliphatic heterocycles. The van der Waals surface area contributed by atoms with Gasteiger partial charge in [-0.25, -0.2) is 4.79 Å². The predicted molar refractivity (Wildman–Crippen MR) is 54.7 cm³/mol. The molecule has 3 nitrogen and oxygen atoms in total. The Morgan fingerprint density at radius 1 is 1.62 bits per heavy atom. The highest BCUT2D eigenvalue weighted by molar-refractivity contribution is 5.34. The maximum atomic E-state index is 11.1. The SMILES string of the molecule is C=c1[nH]c(=O)n(C)/c1=C/C=C\CC. The van der Waals surface area contributed by atoms with Crippen molar-refractivity contribution in [3.63, 3.8) is 0 Å². The van der Waals surface area contributed by atoms with Crippen molar-refractivity contribution in [1.29, 1.82) is 0 Å². The van der Waals surface area contributed by atoms with Gasteiger partial charge in [-0.15, -0.1) is 0 Å². The Labute approximate surface area is 76.7 Å². The number of nitrogens with zero attached hydrogens (tertiary/aromatic N) is 1. The van der Waals surface area contributed by atoms with Gasteiger partial charge in [0.25, 0.3) is 0 Å². The van der Waals surface area contributed by atoms with Crippen LogP contribution in [0.25, 0.3) is 12.7 Å². The highest BCUT2D eigenvalue weighted by Crippen LogP contribution is 1.78. The van der Waals surface area contributed by atoms with Crippen LogP contribution < -0.4 is 16.4 Å². The fourth-order valence-electron chi connectivity index (χ4n) is 1.10. The van der Waals surface area contributed by atoms with Gasteiger partial charge in [0.1, 0.15) is 0 Å². The summed E-state index contributed by atoms with van der Waals surface area (Å²) >= 11 is 0. The van der Waals surface area contributed by atoms with Gasteiger partial charge in [0.2, 0.25) is 0 Å². The molecule has 0 bridgehead atoms. The minimum absolute atomic E-state index is 0.124. The number of H-pyrrole nitrogens is 1. The molecule has 0 spiro atoms. The summed E-state index contributed by atoms with van der Waals surface area (Å²) in [7, 11) is 1.72. The smallest absolute Gasteiger partial charge is 0.306 e. The molecular weight excluding hydrogens is 164 g/mol. The first-order chi connectivity index (χ1) is 6.16. The van der Waals surface area contributed by atoms with Crippen molar-refractivity contribution in [3.8, 4) is 0 Å². The zero-order valence-electron chi connectivity index (χ0n) is 8.00. The molecule has 1 rings (SSSR count). The monoisotopic (exact) mass is 178 g/mol. The first-order valence-electron chi connectivity index (χ1n) is 4.27. The molecule has 0 aliphatic rings. The zero-order chi connectivity index (χ0) is 9.84. The number of hydrogen-bond donors (Lipinski definition) is 1. The van der Waals surface area contributed by atoms with E-state index < -0.39 is 0 Å². The Kier molecular flexibility index (Phi) is 2.90. The van der Waals surface area contributed by atoms with Crippen LogP contribution >= 0.6 is 0 Å². The summed E-state index contributed by atoms with van der Waals surface area (Å²) in [5, 5.41) is 1.49. The van der Waals surface area contributed by atoms with E-state index in [0.717, 1.165) is 11.8 Å². The van der Waals surface area contributed by atoms with E-state index in [1.165, 1.54) is 0 Å². The first kappa shape index (κ1) is 9.58. The van der Waals surface area contributed by atoms with Crippen LogP contribution in [0.5, 0.6) is 0 Å². The number of aromatic nitrogens is 2. The molecule has 0 aromatic carbocycles. The molecule has 1 heterocycles. The molecule has 1 N–H and O–H groups in total. The first-order valence-corrected chi connectivity index (χ1v) is 4.27. The van der Waals surface area contributed by atoms with E-state index in [4.69, 9.17) is 0 Å². The van der Waals surface area contributed by atoms with Gasteiger partial charge in [-0.2, -0.15) is 0 Å². The Morgan fingerprint density at radius 3 is 2.77 bits per heavy atom. The molecule has 0 amide bonds. The van der Waals surface area contributed by atoms with Gasteiger partial charge in [-0.1, -0.05) is 25.7 Å². The average molecular weight is 178 g/mol. The van der Waals surface area contributed by atoms with E-state index in [0.29, 0.717) is 5.35 Å². The molecule has 0 aliphatic carbocycles. The molecule has 70 valence electrons. The maximum absolute atomic E-state index is 11.1. The minimum atomic E-state index is -0.124. The second-order valence-electron chi connectivity index (χ2n) is 2.86. The summed E-state index contributed by atoms with van der Waals surface area (Å²) in [5.74, 6) is 0. The van der Waals surface area contributed by atoms with Gasteiger partial charge < -0.3 is 4.98 Å². The third-order valence-electron chi connectivity index (χ3n) is 1.86. The van der Waals surface area contributed by atoms with Crippen molar-refractivity contribution < 1.29 is 0 Å². The highest BCUT2D eigenvalue weighted by Gasteiger charge is 1.92. The third kappa shape index (κ3) is 1.99. The van der Waals surface area contributed by atoms with Crippen molar-refractivity contribution in [2.24, 2.45) is 7.05 Å². The number of imidazole rings is 1. The standard InChI is InChI=1S/C10H14N2O/c1-4-5-6-7-9-8(2)11-10(13)12(9)3/h5-7H,2,4H2,1,3H3,(H,11,13)/b6-5-,9-7+. The highest BCUT2D eigenvalue weighted by atomic mass is 16.1. The summed E-state index contributed by atoms with van der Waals surface area (Å²) in [6, 6.07) is 0. The van der Waals surface area contributed by atoms with Crippen molar-refractivity contribution in [2.75, 3.05) is 0 Å². The van der Waals surface area contributed by atoms with E-state index in [1.54, 1.807) is 11.6 Å². The van der Waals surface area contributed by atoms with Gasteiger partial charge in [0, 0.05) is 7.05 Å². The molecule has 0 atom stereocenters. The average Bonchev–Trinajstić information content (AvgIpc) is 2.32. The topological polar surface area (TPSA) is 37.8 Å². The number of aromatic amines is 1. The molecule has 1 aromatic rings. The molecule has 3 heteroatoms. The molecule has 1 aromatic heterocycles. The molecular formula is C10H14N2O. The van der Waals surface area contributed by atoms with Crippen LogP contribution in [0.1, 0.15) is 13.3 Å². The predicted octanol–water partition coefficient (Wildman–Crippen LogP) is -0.130. The number of rotatable bonds is 2. The van der Waals surface area contributed by atoms with Gasteiger partial charge in [0.05, 0.1) is 10.7 Å². The van der Waals surface area contributed by atoms with E-state index >= 15 is 0 Å². The third-order valence-corrected chi connectivity index (χ3v) is 1.86. The lowest BCUT2D eigenvalue weighted by Crippen LogP contribution is -2.28. The molecule has 0 saturated carbocycles. The summed E-state index contributed by atoms with van der Waals surface area (Å²) in [6.07, 6.45) is 6.82. The number of nitrogens with one attached hydrogen (secondary N) is 1. The molecule has 0 fully saturated rings. The van der Waals surface area contributed by atoms with Crippen LogP contribution in [-0.2, 0) is 7.05 Å². The Hall–Kier alpha value is -1.51. The number of hydrogen-bond acceptors (Lipinski definition) is 1. The normalized spacial score (nSPS) is 12.9. The summed E-state index contributed by atoms with van der Waals surface area (Å²) in [6.45, 7) is 5.80. The number of allylic oxidation sites excluding steroid dienone is 2. The van der Waals surface area contributed by atoms with Crippen molar-refractivity contribution in [2.45, 2.75) is 13.3 Å². The van der Waals surface area contributed by atoms with Crippen LogP contribution in [-0.4, -0.2) is 9.55 Å². The van der Waals surface area contributed by atoms with Crippen LogP contribution in [0.4, 0.5) is 0 Å². The fraction of sp³-hybridized carbons (Fsp3) is 0.300. The Bertz CT molecular complexity index is 462. The van der Waals surface area contributed by atoms with Gasteiger partial charge in [0.15, 0.2) is 0 Å². The van der Waals surface area contributed by atoms with Crippen molar-refractivity contribution >= 4 is 12.7 Å². The quantitative estimate of drug-likeness (QED) is 0.673. The van der Waals surface area contributed by atoms with E-state index in [1.807, 2.05) is 18.2 Å². The lowest BCUT2D eigenvalue weighted by atomic mass is 10.4. The Balaban J connectivity index is 3.29. The van der Waals surface area contributed by atoms with E-state index in [9.17, 15) is 4.79 Å². The summed E-state index contributed by atoms with van der Waals surface area (Å²) < 4.78 is 1.54. The van der Waals surface area contributed by atoms with Crippen LogP contribution in [0.2, 0.25) is 0 Å². The van der Waals surface area contributed by atoms with Gasteiger partial charge in [-0.05, 0) is 12.5 Å². The summed E-state index contributed by atoms with van der Waals surface area (Å²) in [4.78, 5) is 13.8. The fourth-order valence-corrected chi connectivity index (χ4v) is 1.10. The van der Waals surface area contributed by atoms with Crippen LogP contribution in [0.15, 0.2) is 16.9 Å². The molecule has 0 saturated heterocycles. The Morgan fingerprint density at radius 2 is 2.31 bits per heavy atom. The molecule has 13 heavy (non-hydrogen) atoms. The van der Waals surface area contributed by atoms with Gasteiger partial charge >= 0.3 is 5.69 Å². The van der Waals surface area contributed by atoms with Crippen LogP contribution in [0.3, 0.4) is 0 Å². The van der Waals surface area contributed by atoms with E-state index in [2.05, 4.69) is 18.5 Å². The van der Waals surface area contributed by atoms with E-state index in [-0.39, 0.29) is 5.69 Å². The summed E-state index contributed by atoms with van der Waals surface area (Å²) in [5.41, 5.74) is -0.124. The second-order valence-corrected chi connectivity index (χ2v) is 2.86. The minimum Gasteiger partial charge on any atom is -0.306 e. The van der Waals surface area contributed by atoms with Crippen LogP contribution in [0, 0.1) is 0 Å². The largest absolute Gasteiger partial charge is 0.326 e. The molecule has 0 radical (unpaired) electrons. The van der Waals surface area contributed by atoms with Crippen molar-refractivity contribution in [3.05, 3.63) is 33.3 Å².